The first kappa shape index (κ1) is 37.7. The van der Waals surface area contributed by atoms with Gasteiger partial charge in [-0.2, -0.15) is 0 Å². The molecular formula is C39H64N2O6. The normalized spacial score (nSPS) is 25.9. The van der Waals surface area contributed by atoms with E-state index in [2.05, 4.69) is 29.7 Å². The maximum absolute atomic E-state index is 13.9. The standard InChI is InChI=1S/C39H64N2O6/c1-5-11-30(18-19-36(43)47-25-27-12-7-6-8-13-27)37(44)40-34(23-28-16-17-29-14-9-10-15-31(29)22-28)35(42)24-32-26-46-21-20-33(32)38(45)41-39(2,3)4/h12,16,26,29-31,33-35,38,41-42,45H,5-11,13-15,17-25H2,1-4H3,(H,40,44)/t29?,30?,31-,33?,34+,35-,38?/m1/s1. The molecule has 4 rings (SSSR count). The van der Waals surface area contributed by atoms with Gasteiger partial charge in [-0.05, 0) is 127 Å². The number of hydrogen-bond acceptors (Lipinski definition) is 7. The van der Waals surface area contributed by atoms with E-state index in [0.717, 1.165) is 50.0 Å². The maximum Gasteiger partial charge on any atom is 0.306 e. The Morgan fingerprint density at radius 3 is 2.51 bits per heavy atom. The van der Waals surface area contributed by atoms with E-state index in [9.17, 15) is 19.8 Å². The summed E-state index contributed by atoms with van der Waals surface area (Å²) in [7, 11) is 0. The second-order valence-corrected chi connectivity index (χ2v) is 15.8. The van der Waals surface area contributed by atoms with Crippen molar-refractivity contribution in [1.29, 1.82) is 0 Å². The molecule has 0 spiro atoms. The van der Waals surface area contributed by atoms with Crippen molar-refractivity contribution in [3.63, 3.8) is 0 Å². The van der Waals surface area contributed by atoms with E-state index in [-0.39, 0.29) is 35.7 Å². The van der Waals surface area contributed by atoms with Crippen molar-refractivity contribution in [1.82, 2.24) is 10.6 Å². The number of fused-ring (bicyclic) bond motifs is 1. The Labute approximate surface area is 284 Å². The van der Waals surface area contributed by atoms with Crippen molar-refractivity contribution in [2.45, 2.75) is 161 Å². The van der Waals surface area contributed by atoms with E-state index in [1.807, 2.05) is 20.8 Å². The van der Waals surface area contributed by atoms with Crippen LogP contribution >= 0.6 is 0 Å². The molecule has 4 aliphatic rings. The summed E-state index contributed by atoms with van der Waals surface area (Å²) in [6, 6.07) is -0.477. The van der Waals surface area contributed by atoms with Crippen molar-refractivity contribution >= 4 is 11.9 Å². The van der Waals surface area contributed by atoms with Crippen LogP contribution < -0.4 is 10.6 Å². The van der Waals surface area contributed by atoms with Crippen LogP contribution in [0.3, 0.4) is 0 Å². The molecule has 7 atom stereocenters. The first-order chi connectivity index (χ1) is 22.5. The number of esters is 1. The zero-order chi connectivity index (χ0) is 33.8. The number of rotatable bonds is 16. The van der Waals surface area contributed by atoms with Crippen LogP contribution in [0.2, 0.25) is 0 Å². The number of nitrogens with one attached hydrogen (secondary N) is 2. The highest BCUT2D eigenvalue weighted by atomic mass is 16.5. The summed E-state index contributed by atoms with van der Waals surface area (Å²) in [6.45, 7) is 9.00. The van der Waals surface area contributed by atoms with Crippen LogP contribution in [-0.2, 0) is 19.1 Å². The van der Waals surface area contributed by atoms with Crippen molar-refractivity contribution in [2.24, 2.45) is 23.7 Å². The molecule has 47 heavy (non-hydrogen) atoms. The number of carbonyl (C=O) groups excluding carboxylic acids is 2. The molecule has 8 nitrogen and oxygen atoms in total. The first-order valence-corrected chi connectivity index (χ1v) is 18.8. The summed E-state index contributed by atoms with van der Waals surface area (Å²) in [5, 5.41) is 29.4. The fraction of sp³-hybridized carbons (Fsp3) is 0.795. The van der Waals surface area contributed by atoms with Gasteiger partial charge in [0.2, 0.25) is 5.91 Å². The molecule has 0 aromatic heterocycles. The highest BCUT2D eigenvalue weighted by Crippen LogP contribution is 2.41. The summed E-state index contributed by atoms with van der Waals surface area (Å²) in [6.07, 6.45) is 20.0. The van der Waals surface area contributed by atoms with Gasteiger partial charge in [0, 0.05) is 23.8 Å². The predicted molar refractivity (Wildman–Crippen MR) is 186 cm³/mol. The van der Waals surface area contributed by atoms with Gasteiger partial charge in [0.05, 0.1) is 25.0 Å². The van der Waals surface area contributed by atoms with Crippen molar-refractivity contribution in [3.05, 3.63) is 35.1 Å². The van der Waals surface area contributed by atoms with Gasteiger partial charge in [-0.15, -0.1) is 0 Å². The molecule has 1 heterocycles. The number of hydrogen-bond donors (Lipinski definition) is 4. The van der Waals surface area contributed by atoms with E-state index in [1.165, 1.54) is 43.3 Å². The third-order valence-electron chi connectivity index (χ3n) is 10.7. The van der Waals surface area contributed by atoms with Crippen LogP contribution in [-0.4, -0.2) is 59.2 Å². The van der Waals surface area contributed by atoms with Gasteiger partial charge < -0.3 is 25.0 Å². The Morgan fingerprint density at radius 2 is 1.79 bits per heavy atom. The van der Waals surface area contributed by atoms with Gasteiger partial charge in [0.1, 0.15) is 12.8 Å². The lowest BCUT2D eigenvalue weighted by Gasteiger charge is -2.37. The lowest BCUT2D eigenvalue weighted by atomic mass is 9.70. The monoisotopic (exact) mass is 656 g/mol. The van der Waals surface area contributed by atoms with Crippen molar-refractivity contribution in [3.8, 4) is 0 Å². The van der Waals surface area contributed by atoms with Crippen LogP contribution in [0.4, 0.5) is 0 Å². The maximum atomic E-state index is 13.9. The Hall–Kier alpha value is -2.16. The van der Waals surface area contributed by atoms with Crippen LogP contribution in [0.25, 0.3) is 0 Å². The van der Waals surface area contributed by atoms with Gasteiger partial charge in [-0.1, -0.05) is 43.9 Å². The summed E-state index contributed by atoms with van der Waals surface area (Å²) >= 11 is 0. The number of allylic oxidation sites excluding steroid dienone is 2. The quantitative estimate of drug-likeness (QED) is 0.0803. The van der Waals surface area contributed by atoms with Crippen LogP contribution in [0.1, 0.15) is 137 Å². The Balaban J connectivity index is 1.43. The molecule has 0 aromatic carbocycles. The summed E-state index contributed by atoms with van der Waals surface area (Å²) < 4.78 is 11.3. The Morgan fingerprint density at radius 1 is 1.00 bits per heavy atom. The molecule has 4 N–H and O–H groups in total. The molecule has 8 heteroatoms. The lowest BCUT2D eigenvalue weighted by molar-refractivity contribution is -0.143. The number of aliphatic hydroxyl groups excluding tert-OH is 2. The van der Waals surface area contributed by atoms with Gasteiger partial charge in [0.15, 0.2) is 0 Å². The molecule has 0 saturated heterocycles. The zero-order valence-electron chi connectivity index (χ0n) is 29.7. The van der Waals surface area contributed by atoms with Gasteiger partial charge in [0.25, 0.3) is 0 Å². The van der Waals surface area contributed by atoms with Gasteiger partial charge in [-0.25, -0.2) is 0 Å². The molecule has 0 radical (unpaired) electrons. The third-order valence-corrected chi connectivity index (χ3v) is 10.7. The van der Waals surface area contributed by atoms with Crippen molar-refractivity contribution in [2.75, 3.05) is 13.2 Å². The largest absolute Gasteiger partial charge is 0.501 e. The molecule has 4 unspecified atom stereocenters. The number of carbonyl (C=O) groups is 2. The fourth-order valence-corrected chi connectivity index (χ4v) is 8.08. The SMILES string of the molecule is CCCC(CCC(=O)OCC1=CCCCC1)C(=O)N[C@@H](CC1=CCC2CCCC[C@@H]2C1)[C@H](O)CC1=COCCC1C(O)NC(C)(C)C. The Bertz CT molecular complexity index is 1110. The smallest absolute Gasteiger partial charge is 0.306 e. The topological polar surface area (TPSA) is 117 Å². The average Bonchev–Trinajstić information content (AvgIpc) is 3.05. The van der Waals surface area contributed by atoms with E-state index >= 15 is 0 Å². The van der Waals surface area contributed by atoms with Gasteiger partial charge in [-0.3, -0.25) is 14.9 Å². The molecule has 1 amide bonds. The molecule has 1 saturated carbocycles. The summed E-state index contributed by atoms with van der Waals surface area (Å²) in [4.78, 5) is 26.5. The lowest BCUT2D eigenvalue weighted by Crippen LogP contribution is -2.49. The summed E-state index contributed by atoms with van der Waals surface area (Å²) in [5.41, 5.74) is 3.11. The molecule has 0 aromatic rings. The second-order valence-electron chi connectivity index (χ2n) is 15.8. The van der Waals surface area contributed by atoms with Crippen LogP contribution in [0, 0.1) is 23.7 Å². The van der Waals surface area contributed by atoms with Crippen LogP contribution in [0.5, 0.6) is 0 Å². The van der Waals surface area contributed by atoms with Gasteiger partial charge >= 0.3 is 5.97 Å². The minimum Gasteiger partial charge on any atom is -0.501 e. The fourth-order valence-electron chi connectivity index (χ4n) is 8.08. The molecule has 3 aliphatic carbocycles. The highest BCUT2D eigenvalue weighted by molar-refractivity contribution is 5.80. The van der Waals surface area contributed by atoms with E-state index < -0.39 is 18.4 Å². The molecule has 1 aliphatic heterocycles. The zero-order valence-corrected chi connectivity index (χ0v) is 29.7. The Kier molecular flexibility index (Phi) is 14.9. The number of amides is 1. The number of aliphatic hydroxyl groups is 2. The van der Waals surface area contributed by atoms with E-state index in [0.29, 0.717) is 51.2 Å². The minimum absolute atomic E-state index is 0.106. The average molecular weight is 657 g/mol. The third kappa shape index (κ3) is 12.3. The second kappa shape index (κ2) is 18.6. The molecular weight excluding hydrogens is 592 g/mol. The summed E-state index contributed by atoms with van der Waals surface area (Å²) in [5.74, 6) is 0.573. The van der Waals surface area contributed by atoms with E-state index in [4.69, 9.17) is 9.47 Å². The first-order valence-electron chi connectivity index (χ1n) is 18.8. The minimum atomic E-state index is -0.850. The van der Waals surface area contributed by atoms with Crippen LogP contribution in [0.15, 0.2) is 35.1 Å². The predicted octanol–water partition coefficient (Wildman–Crippen LogP) is 7.01. The highest BCUT2D eigenvalue weighted by Gasteiger charge is 2.35. The van der Waals surface area contributed by atoms with Crippen molar-refractivity contribution < 1.29 is 29.3 Å². The molecule has 1 fully saturated rings. The molecule has 0 bridgehead atoms. The number of ether oxygens (including phenoxy) is 2. The molecule has 266 valence electrons. The van der Waals surface area contributed by atoms with E-state index in [1.54, 1.807) is 6.26 Å².